The van der Waals surface area contributed by atoms with Crippen LogP contribution in [0.15, 0.2) is 83.9 Å². The predicted molar refractivity (Wildman–Crippen MR) is 131 cm³/mol. The Hall–Kier alpha value is -3.53. The fourth-order valence-corrected chi connectivity index (χ4v) is 5.74. The van der Waals surface area contributed by atoms with Crippen LogP contribution in [0.5, 0.6) is 0 Å². The summed E-state index contributed by atoms with van der Waals surface area (Å²) in [6.07, 6.45) is 1.78. The molecule has 180 valence electrons. The molecular weight excluding hydrogens is 469 g/mol. The Labute approximate surface area is 202 Å². The van der Waals surface area contributed by atoms with E-state index in [2.05, 4.69) is 5.32 Å². The molecule has 5 rings (SSSR count). The summed E-state index contributed by atoms with van der Waals surface area (Å²) in [5, 5.41) is 3.51. The molecular formula is C26H24FN3O4S. The van der Waals surface area contributed by atoms with Gasteiger partial charge < -0.3 is 14.6 Å². The van der Waals surface area contributed by atoms with Gasteiger partial charge in [0.25, 0.3) is 5.91 Å². The number of rotatable bonds is 6. The third-order valence-electron chi connectivity index (χ3n) is 6.01. The van der Waals surface area contributed by atoms with Gasteiger partial charge in [-0.1, -0.05) is 48.5 Å². The zero-order chi connectivity index (χ0) is 24.4. The average Bonchev–Trinajstić information content (AvgIpc) is 3.25. The molecule has 0 aliphatic carbocycles. The normalized spacial score (nSPS) is 14.8. The standard InChI is InChI=1S/C26H24FN3O4S/c27-23-11-10-20(16-25(23)35(32,33)30-12-14-34-15-13-30)28-26(31)22-18-29(17-19-6-2-1-3-7-19)24-9-5-4-8-21(22)24/h1-11,16,18H,12-15,17H2,(H,28,31). The molecule has 35 heavy (non-hydrogen) atoms. The topological polar surface area (TPSA) is 80.6 Å². The number of ether oxygens (including phenoxy) is 1. The van der Waals surface area contributed by atoms with Gasteiger partial charge in [-0.15, -0.1) is 0 Å². The number of aromatic nitrogens is 1. The van der Waals surface area contributed by atoms with Crippen molar-refractivity contribution in [1.29, 1.82) is 0 Å². The van der Waals surface area contributed by atoms with E-state index in [0.717, 1.165) is 22.5 Å². The first-order chi connectivity index (χ1) is 16.9. The Bertz CT molecular complexity index is 1480. The third-order valence-corrected chi connectivity index (χ3v) is 7.92. The Kier molecular flexibility index (Phi) is 6.38. The number of anilines is 1. The van der Waals surface area contributed by atoms with Crippen LogP contribution in [0.1, 0.15) is 15.9 Å². The molecule has 3 aromatic carbocycles. The number of nitrogens with zero attached hydrogens (tertiary/aromatic N) is 2. The molecule has 0 radical (unpaired) electrons. The SMILES string of the molecule is O=C(Nc1ccc(F)c(S(=O)(=O)N2CCOCC2)c1)c1cn(Cc2ccccc2)c2ccccc12. The Morgan fingerprint density at radius 1 is 0.971 bits per heavy atom. The number of sulfonamides is 1. The maximum absolute atomic E-state index is 14.5. The number of para-hydroxylation sites is 1. The van der Waals surface area contributed by atoms with Gasteiger partial charge in [0.2, 0.25) is 10.0 Å². The molecule has 1 aliphatic heterocycles. The van der Waals surface area contributed by atoms with E-state index in [9.17, 15) is 17.6 Å². The van der Waals surface area contributed by atoms with Crippen molar-refractivity contribution in [3.8, 4) is 0 Å². The molecule has 9 heteroatoms. The van der Waals surface area contributed by atoms with Crippen molar-refractivity contribution in [1.82, 2.24) is 8.87 Å². The molecule has 1 fully saturated rings. The van der Waals surface area contributed by atoms with Gasteiger partial charge in [0.1, 0.15) is 10.7 Å². The Balaban J connectivity index is 1.44. The minimum atomic E-state index is -4.06. The lowest BCUT2D eigenvalue weighted by Crippen LogP contribution is -2.40. The monoisotopic (exact) mass is 493 g/mol. The van der Waals surface area contributed by atoms with Crippen LogP contribution in [0, 0.1) is 5.82 Å². The fraction of sp³-hybridized carbons (Fsp3) is 0.192. The molecule has 1 saturated heterocycles. The molecule has 0 atom stereocenters. The van der Waals surface area contributed by atoms with E-state index in [-0.39, 0.29) is 32.0 Å². The number of halogens is 1. The molecule has 1 amide bonds. The van der Waals surface area contributed by atoms with Gasteiger partial charge in [-0.05, 0) is 29.8 Å². The molecule has 4 aromatic rings. The summed E-state index contributed by atoms with van der Waals surface area (Å²) in [5.74, 6) is -1.27. The number of fused-ring (bicyclic) bond motifs is 1. The lowest BCUT2D eigenvalue weighted by atomic mass is 10.1. The summed E-state index contributed by atoms with van der Waals surface area (Å²) in [5.41, 5.74) is 2.63. The zero-order valence-corrected chi connectivity index (χ0v) is 19.7. The van der Waals surface area contributed by atoms with Crippen LogP contribution in [0.25, 0.3) is 10.9 Å². The lowest BCUT2D eigenvalue weighted by molar-refractivity contribution is 0.0729. The van der Waals surface area contributed by atoms with Gasteiger partial charge in [-0.3, -0.25) is 4.79 Å². The maximum atomic E-state index is 14.5. The van der Waals surface area contributed by atoms with Gasteiger partial charge in [0.15, 0.2) is 0 Å². The van der Waals surface area contributed by atoms with Crippen molar-refractivity contribution < 1.29 is 22.3 Å². The summed E-state index contributed by atoms with van der Waals surface area (Å²) >= 11 is 0. The highest BCUT2D eigenvalue weighted by Crippen LogP contribution is 2.26. The van der Waals surface area contributed by atoms with Gasteiger partial charge in [0.05, 0.1) is 18.8 Å². The second-order valence-electron chi connectivity index (χ2n) is 8.29. The number of benzene rings is 3. The molecule has 0 unspecified atom stereocenters. The van der Waals surface area contributed by atoms with E-state index in [1.807, 2.05) is 59.2 Å². The van der Waals surface area contributed by atoms with E-state index >= 15 is 0 Å². The number of hydrogen-bond acceptors (Lipinski definition) is 4. The summed E-state index contributed by atoms with van der Waals surface area (Å²) in [6, 6.07) is 21.1. The quantitative estimate of drug-likeness (QED) is 0.439. The number of morpholine rings is 1. The molecule has 1 N–H and O–H groups in total. The Morgan fingerprint density at radius 2 is 1.69 bits per heavy atom. The van der Waals surface area contributed by atoms with E-state index < -0.39 is 26.6 Å². The lowest BCUT2D eigenvalue weighted by Gasteiger charge is -2.26. The maximum Gasteiger partial charge on any atom is 0.257 e. The molecule has 1 aromatic heterocycles. The van der Waals surface area contributed by atoms with Crippen LogP contribution < -0.4 is 5.32 Å². The fourth-order valence-electron chi connectivity index (χ4n) is 4.24. The zero-order valence-electron chi connectivity index (χ0n) is 18.9. The van der Waals surface area contributed by atoms with E-state index in [1.54, 1.807) is 6.20 Å². The third kappa shape index (κ3) is 4.70. The summed E-state index contributed by atoms with van der Waals surface area (Å²) in [7, 11) is -4.06. The minimum Gasteiger partial charge on any atom is -0.379 e. The van der Waals surface area contributed by atoms with Crippen molar-refractivity contribution >= 4 is 32.5 Å². The van der Waals surface area contributed by atoms with Gasteiger partial charge in [-0.25, -0.2) is 12.8 Å². The first-order valence-corrected chi connectivity index (χ1v) is 12.7. The van der Waals surface area contributed by atoms with Crippen LogP contribution in [0.4, 0.5) is 10.1 Å². The minimum absolute atomic E-state index is 0.152. The van der Waals surface area contributed by atoms with Crippen LogP contribution in [-0.2, 0) is 21.3 Å². The van der Waals surface area contributed by atoms with E-state index in [4.69, 9.17) is 4.74 Å². The van der Waals surface area contributed by atoms with Crippen molar-refractivity contribution in [2.75, 3.05) is 31.6 Å². The second-order valence-corrected chi connectivity index (χ2v) is 10.2. The van der Waals surface area contributed by atoms with Crippen molar-refractivity contribution in [2.24, 2.45) is 0 Å². The van der Waals surface area contributed by atoms with E-state index in [1.165, 1.54) is 16.4 Å². The van der Waals surface area contributed by atoms with Crippen molar-refractivity contribution in [3.63, 3.8) is 0 Å². The molecule has 2 heterocycles. The summed E-state index contributed by atoms with van der Waals surface area (Å²) < 4.78 is 48.9. The largest absolute Gasteiger partial charge is 0.379 e. The second kappa shape index (κ2) is 9.61. The Morgan fingerprint density at radius 3 is 2.46 bits per heavy atom. The highest BCUT2D eigenvalue weighted by molar-refractivity contribution is 7.89. The molecule has 0 bridgehead atoms. The van der Waals surface area contributed by atoms with Crippen LogP contribution >= 0.6 is 0 Å². The first-order valence-electron chi connectivity index (χ1n) is 11.2. The van der Waals surface area contributed by atoms with Crippen molar-refractivity contribution in [3.05, 3.63) is 95.9 Å². The molecule has 1 aliphatic rings. The summed E-state index contributed by atoms with van der Waals surface area (Å²) in [6.45, 7) is 1.40. The van der Waals surface area contributed by atoms with Gasteiger partial charge >= 0.3 is 0 Å². The molecule has 0 spiro atoms. The summed E-state index contributed by atoms with van der Waals surface area (Å²) in [4.78, 5) is 12.8. The van der Waals surface area contributed by atoms with Gasteiger partial charge in [0, 0.05) is 42.4 Å². The van der Waals surface area contributed by atoms with Crippen molar-refractivity contribution in [2.45, 2.75) is 11.4 Å². The van der Waals surface area contributed by atoms with Crippen LogP contribution in [-0.4, -0.2) is 49.5 Å². The highest BCUT2D eigenvalue weighted by atomic mass is 32.2. The number of carbonyl (C=O) groups excluding carboxylic acids is 1. The van der Waals surface area contributed by atoms with Crippen LogP contribution in [0.3, 0.4) is 0 Å². The number of amides is 1. The first kappa shape index (κ1) is 23.2. The van der Waals surface area contributed by atoms with E-state index in [0.29, 0.717) is 12.1 Å². The van der Waals surface area contributed by atoms with Gasteiger partial charge in [-0.2, -0.15) is 4.31 Å². The number of carbonyl (C=O) groups is 1. The average molecular weight is 494 g/mol. The van der Waals surface area contributed by atoms with Crippen LogP contribution in [0.2, 0.25) is 0 Å². The predicted octanol–water partition coefficient (Wildman–Crippen LogP) is 4.10. The highest BCUT2D eigenvalue weighted by Gasteiger charge is 2.29. The number of hydrogen-bond donors (Lipinski definition) is 1. The smallest absolute Gasteiger partial charge is 0.257 e. The number of nitrogens with one attached hydrogen (secondary N) is 1. The molecule has 0 saturated carbocycles. The molecule has 7 nitrogen and oxygen atoms in total.